The monoisotopic (exact) mass is 498 g/mol. The first kappa shape index (κ1) is 28.3. The standard InChI is InChI=1S/C27H34N4O3.ClH/c1-27(2,30-17-19-8-4-3-5-9-19)26(34)31-24(25(33)29-18-23(32)16-28)15-20-12-13-21-10-6-7-11-22(21)14-20;/h3-14,23-24,30,32H,15-18,28H2,1-2H3,(H,29,33)(H,31,34);1H/t23?,24-;/m1./s1. The second-order valence-electron chi connectivity index (χ2n) is 9.01. The van der Waals surface area contributed by atoms with Gasteiger partial charge in [-0.15, -0.1) is 12.4 Å². The molecule has 2 atom stereocenters. The summed E-state index contributed by atoms with van der Waals surface area (Å²) >= 11 is 0. The summed E-state index contributed by atoms with van der Waals surface area (Å²) in [5.74, 6) is -0.656. The summed E-state index contributed by atoms with van der Waals surface area (Å²) < 4.78 is 0. The molecule has 8 heteroatoms. The van der Waals surface area contributed by atoms with Gasteiger partial charge in [-0.1, -0.05) is 72.8 Å². The summed E-state index contributed by atoms with van der Waals surface area (Å²) in [4.78, 5) is 26.1. The van der Waals surface area contributed by atoms with Gasteiger partial charge in [0.1, 0.15) is 6.04 Å². The van der Waals surface area contributed by atoms with Crippen LogP contribution in [0.2, 0.25) is 0 Å². The number of hydrogen-bond donors (Lipinski definition) is 5. The fraction of sp³-hybridized carbons (Fsp3) is 0.333. The van der Waals surface area contributed by atoms with E-state index in [9.17, 15) is 14.7 Å². The molecule has 0 heterocycles. The number of amides is 2. The van der Waals surface area contributed by atoms with Crippen molar-refractivity contribution < 1.29 is 14.7 Å². The van der Waals surface area contributed by atoms with Crippen molar-refractivity contribution in [2.24, 2.45) is 5.73 Å². The molecule has 2 amide bonds. The largest absolute Gasteiger partial charge is 0.390 e. The third kappa shape index (κ3) is 8.33. The number of carbonyl (C=O) groups is 2. The van der Waals surface area contributed by atoms with Crippen LogP contribution in [0, 0.1) is 0 Å². The Balaban J connectivity index is 0.00000432. The highest BCUT2D eigenvalue weighted by Gasteiger charge is 2.31. The Morgan fingerprint density at radius 2 is 1.60 bits per heavy atom. The van der Waals surface area contributed by atoms with Gasteiger partial charge >= 0.3 is 0 Å². The van der Waals surface area contributed by atoms with E-state index in [0.29, 0.717) is 13.0 Å². The van der Waals surface area contributed by atoms with E-state index in [4.69, 9.17) is 5.73 Å². The van der Waals surface area contributed by atoms with Crippen molar-refractivity contribution in [1.29, 1.82) is 0 Å². The topological polar surface area (TPSA) is 116 Å². The maximum Gasteiger partial charge on any atom is 0.243 e. The lowest BCUT2D eigenvalue weighted by Crippen LogP contribution is -2.58. The number of nitrogens with one attached hydrogen (secondary N) is 3. The lowest BCUT2D eigenvalue weighted by Gasteiger charge is -2.28. The number of fused-ring (bicyclic) bond motifs is 1. The molecule has 0 aliphatic rings. The Morgan fingerprint density at radius 1 is 0.943 bits per heavy atom. The lowest BCUT2D eigenvalue weighted by molar-refractivity contribution is -0.132. The van der Waals surface area contributed by atoms with Gasteiger partial charge in [0.25, 0.3) is 0 Å². The lowest BCUT2D eigenvalue weighted by atomic mass is 9.99. The van der Waals surface area contributed by atoms with E-state index >= 15 is 0 Å². The molecule has 7 nitrogen and oxygen atoms in total. The summed E-state index contributed by atoms with van der Waals surface area (Å²) in [7, 11) is 0. The summed E-state index contributed by atoms with van der Waals surface area (Å²) in [6, 6.07) is 23.0. The van der Waals surface area contributed by atoms with E-state index in [2.05, 4.69) is 16.0 Å². The normalized spacial score (nSPS) is 12.9. The second kappa shape index (κ2) is 13.2. The van der Waals surface area contributed by atoms with Crippen molar-refractivity contribution in [2.45, 2.75) is 44.5 Å². The van der Waals surface area contributed by atoms with E-state index in [0.717, 1.165) is 21.9 Å². The Morgan fingerprint density at radius 3 is 2.29 bits per heavy atom. The quantitative estimate of drug-likeness (QED) is 0.278. The van der Waals surface area contributed by atoms with Gasteiger partial charge in [-0.05, 0) is 35.7 Å². The number of rotatable bonds is 11. The molecule has 0 bridgehead atoms. The number of benzene rings is 3. The summed E-state index contributed by atoms with van der Waals surface area (Å²) in [5, 5.41) is 20.8. The van der Waals surface area contributed by atoms with Crippen LogP contribution in [0.5, 0.6) is 0 Å². The van der Waals surface area contributed by atoms with Crippen LogP contribution >= 0.6 is 12.4 Å². The van der Waals surface area contributed by atoms with Gasteiger partial charge in [0, 0.05) is 26.1 Å². The molecular formula is C27H35ClN4O3. The zero-order valence-corrected chi connectivity index (χ0v) is 21.0. The number of carbonyl (C=O) groups excluding carboxylic acids is 2. The highest BCUT2D eigenvalue weighted by Crippen LogP contribution is 2.17. The summed E-state index contributed by atoms with van der Waals surface area (Å²) in [6.45, 7) is 4.15. The van der Waals surface area contributed by atoms with Crippen LogP contribution < -0.4 is 21.7 Å². The van der Waals surface area contributed by atoms with Gasteiger partial charge in [0.15, 0.2) is 0 Å². The molecule has 0 radical (unpaired) electrons. The molecule has 0 fully saturated rings. The first-order valence-corrected chi connectivity index (χ1v) is 11.5. The molecular weight excluding hydrogens is 464 g/mol. The van der Waals surface area contributed by atoms with E-state index in [1.54, 1.807) is 13.8 Å². The van der Waals surface area contributed by atoms with Gasteiger partial charge in [-0.3, -0.25) is 14.9 Å². The number of hydrogen-bond acceptors (Lipinski definition) is 5. The van der Waals surface area contributed by atoms with E-state index < -0.39 is 17.7 Å². The average Bonchev–Trinajstić information content (AvgIpc) is 2.85. The van der Waals surface area contributed by atoms with Crippen molar-refractivity contribution in [3.05, 3.63) is 83.9 Å². The smallest absolute Gasteiger partial charge is 0.243 e. The SMILES string of the molecule is CC(C)(NCc1ccccc1)C(=O)N[C@H](Cc1ccc2ccccc2c1)C(=O)NCC(O)CN.Cl. The molecule has 1 unspecified atom stereocenters. The van der Waals surface area contributed by atoms with Crippen molar-refractivity contribution >= 4 is 35.0 Å². The Labute approximate surface area is 212 Å². The van der Waals surface area contributed by atoms with Gasteiger partial charge in [-0.2, -0.15) is 0 Å². The first-order chi connectivity index (χ1) is 16.3. The highest BCUT2D eigenvalue weighted by atomic mass is 35.5. The minimum absolute atomic E-state index is 0. The predicted molar refractivity (Wildman–Crippen MR) is 142 cm³/mol. The number of nitrogens with two attached hydrogens (primary N) is 1. The number of aliphatic hydroxyl groups excluding tert-OH is 1. The molecule has 6 N–H and O–H groups in total. The Hall–Kier alpha value is -2.97. The maximum atomic E-state index is 13.2. The van der Waals surface area contributed by atoms with Crippen LogP contribution in [0.1, 0.15) is 25.0 Å². The van der Waals surface area contributed by atoms with Gasteiger partial charge in [0.05, 0.1) is 11.6 Å². The van der Waals surface area contributed by atoms with Gasteiger partial charge < -0.3 is 21.5 Å². The fourth-order valence-electron chi connectivity index (χ4n) is 3.57. The minimum Gasteiger partial charge on any atom is -0.390 e. The zero-order valence-electron chi connectivity index (χ0n) is 20.2. The minimum atomic E-state index is -0.908. The van der Waals surface area contributed by atoms with Crippen LogP contribution in [-0.4, -0.2) is 47.7 Å². The van der Waals surface area contributed by atoms with Crippen molar-refractivity contribution in [3.8, 4) is 0 Å². The zero-order chi connectivity index (χ0) is 24.6. The molecule has 188 valence electrons. The number of halogens is 1. The van der Waals surface area contributed by atoms with Crippen molar-refractivity contribution in [3.63, 3.8) is 0 Å². The van der Waals surface area contributed by atoms with Gasteiger partial charge in [-0.25, -0.2) is 0 Å². The average molecular weight is 499 g/mol. The third-order valence-corrected chi connectivity index (χ3v) is 5.80. The fourth-order valence-corrected chi connectivity index (χ4v) is 3.57. The van der Waals surface area contributed by atoms with E-state index in [-0.39, 0.29) is 37.3 Å². The molecule has 3 aromatic rings. The molecule has 3 aromatic carbocycles. The molecule has 0 aliphatic heterocycles. The second-order valence-corrected chi connectivity index (χ2v) is 9.01. The molecule has 0 spiro atoms. The third-order valence-electron chi connectivity index (χ3n) is 5.80. The van der Waals surface area contributed by atoms with Crippen LogP contribution in [0.15, 0.2) is 72.8 Å². The summed E-state index contributed by atoms with van der Waals surface area (Å²) in [6.07, 6.45) is -0.527. The molecule has 35 heavy (non-hydrogen) atoms. The Kier molecular flexibility index (Phi) is 10.7. The maximum absolute atomic E-state index is 13.2. The van der Waals surface area contributed by atoms with Gasteiger partial charge in [0.2, 0.25) is 11.8 Å². The predicted octanol–water partition coefficient (Wildman–Crippen LogP) is 2.29. The van der Waals surface area contributed by atoms with Crippen molar-refractivity contribution in [1.82, 2.24) is 16.0 Å². The molecule has 0 saturated carbocycles. The number of aliphatic hydroxyl groups is 1. The van der Waals surface area contributed by atoms with Crippen LogP contribution in [-0.2, 0) is 22.6 Å². The van der Waals surface area contributed by atoms with Crippen LogP contribution in [0.3, 0.4) is 0 Å². The first-order valence-electron chi connectivity index (χ1n) is 11.5. The van der Waals surface area contributed by atoms with E-state index in [1.165, 1.54) is 0 Å². The molecule has 0 aromatic heterocycles. The Bertz CT molecular complexity index is 1110. The van der Waals surface area contributed by atoms with Crippen LogP contribution in [0.4, 0.5) is 0 Å². The van der Waals surface area contributed by atoms with Crippen LogP contribution in [0.25, 0.3) is 10.8 Å². The summed E-state index contributed by atoms with van der Waals surface area (Å²) in [5.41, 5.74) is 6.53. The van der Waals surface area contributed by atoms with Crippen molar-refractivity contribution in [2.75, 3.05) is 13.1 Å². The molecule has 0 saturated heterocycles. The molecule has 0 aliphatic carbocycles. The molecule has 3 rings (SSSR count). The highest BCUT2D eigenvalue weighted by molar-refractivity contribution is 5.92. The van der Waals surface area contributed by atoms with E-state index in [1.807, 2.05) is 72.8 Å².